The molecule has 0 N–H and O–H groups in total. The van der Waals surface area contributed by atoms with E-state index in [0.29, 0.717) is 35.1 Å². The number of ether oxygens (including phenoxy) is 3. The number of carbonyl (C=O) groups is 2. The predicted octanol–water partition coefficient (Wildman–Crippen LogP) is 4.76. The molecule has 2 atom stereocenters. The number of amides is 1. The van der Waals surface area contributed by atoms with E-state index in [0.717, 1.165) is 6.20 Å². The lowest BCUT2D eigenvalue weighted by atomic mass is 9.81. The highest BCUT2D eigenvalue weighted by Crippen LogP contribution is 2.45. The lowest BCUT2D eigenvalue weighted by Gasteiger charge is -2.41. The molecular weight excluding hydrogens is 536 g/mol. The summed E-state index contributed by atoms with van der Waals surface area (Å²) < 4.78 is 47.4. The molecule has 1 aromatic heterocycles. The van der Waals surface area contributed by atoms with Crippen LogP contribution in [0, 0.1) is 11.6 Å². The van der Waals surface area contributed by atoms with E-state index in [4.69, 9.17) is 14.2 Å². The van der Waals surface area contributed by atoms with Gasteiger partial charge in [-0.05, 0) is 68.0 Å². The van der Waals surface area contributed by atoms with Crippen molar-refractivity contribution in [2.45, 2.75) is 64.8 Å². The van der Waals surface area contributed by atoms with Gasteiger partial charge in [-0.3, -0.25) is 14.3 Å². The van der Waals surface area contributed by atoms with Crippen LogP contribution >= 0.6 is 0 Å². The summed E-state index contributed by atoms with van der Waals surface area (Å²) in [6, 6.07) is 8.67. The molecule has 0 radical (unpaired) electrons. The fourth-order valence-corrected chi connectivity index (χ4v) is 5.77. The van der Waals surface area contributed by atoms with Crippen molar-refractivity contribution < 1.29 is 32.6 Å². The summed E-state index contributed by atoms with van der Waals surface area (Å²) >= 11 is 0. The molecule has 216 valence electrons. The predicted molar refractivity (Wildman–Crippen MR) is 144 cm³/mol. The molecular formula is C30H31F2N3O6. The number of hydrogen-bond acceptors (Lipinski definition) is 7. The Balaban J connectivity index is 1.71. The Kier molecular flexibility index (Phi) is 7.79. The van der Waals surface area contributed by atoms with E-state index in [9.17, 15) is 14.4 Å². The Morgan fingerprint density at radius 3 is 2.20 bits per heavy atom. The van der Waals surface area contributed by atoms with Gasteiger partial charge in [-0.15, -0.1) is 0 Å². The third-order valence-electron chi connectivity index (χ3n) is 7.55. The van der Waals surface area contributed by atoms with Crippen molar-refractivity contribution in [3.63, 3.8) is 0 Å². The Bertz CT molecular complexity index is 1500. The van der Waals surface area contributed by atoms with Crippen LogP contribution in [0.3, 0.4) is 0 Å². The quantitative estimate of drug-likeness (QED) is 0.313. The highest BCUT2D eigenvalue weighted by Gasteiger charge is 2.43. The number of benzene rings is 2. The maximum absolute atomic E-state index is 15.2. The van der Waals surface area contributed by atoms with Crippen molar-refractivity contribution in [2.75, 3.05) is 13.2 Å². The molecule has 11 heteroatoms. The molecule has 1 aliphatic heterocycles. The molecule has 1 aliphatic carbocycles. The minimum absolute atomic E-state index is 0.0773. The van der Waals surface area contributed by atoms with E-state index >= 15 is 8.78 Å². The average molecular weight is 568 g/mol. The smallest absolute Gasteiger partial charge is 0.448 e. The molecule has 9 nitrogen and oxygen atoms in total. The number of nitrogens with zero attached hydrogens (tertiary/aromatic N) is 3. The molecule has 0 bridgehead atoms. The van der Waals surface area contributed by atoms with Crippen molar-refractivity contribution in [1.82, 2.24) is 14.7 Å². The van der Waals surface area contributed by atoms with E-state index in [2.05, 4.69) is 5.10 Å². The number of aromatic nitrogens is 2. The van der Waals surface area contributed by atoms with Crippen LogP contribution in [0.25, 0.3) is 0 Å². The van der Waals surface area contributed by atoms with Crippen molar-refractivity contribution in [3.8, 4) is 5.75 Å². The molecule has 2 heterocycles. The van der Waals surface area contributed by atoms with Crippen LogP contribution < -0.4 is 10.2 Å². The van der Waals surface area contributed by atoms with Crippen LogP contribution in [0.4, 0.5) is 13.6 Å². The van der Waals surface area contributed by atoms with Gasteiger partial charge >= 0.3 is 6.16 Å². The number of halogens is 2. The zero-order chi connectivity index (χ0) is 29.4. The van der Waals surface area contributed by atoms with Gasteiger partial charge in [0.1, 0.15) is 11.6 Å². The third kappa shape index (κ3) is 5.16. The highest BCUT2D eigenvalue weighted by atomic mass is 19.1. The second-order valence-corrected chi connectivity index (χ2v) is 10.3. The molecule has 5 rings (SSSR count). The Hall–Kier alpha value is -4.28. The first-order chi connectivity index (χ1) is 19.6. The van der Waals surface area contributed by atoms with Gasteiger partial charge in [-0.1, -0.05) is 24.3 Å². The summed E-state index contributed by atoms with van der Waals surface area (Å²) in [5.41, 5.74) is 1.43. The Morgan fingerprint density at radius 1 is 1.02 bits per heavy atom. The van der Waals surface area contributed by atoms with E-state index in [1.54, 1.807) is 24.0 Å². The van der Waals surface area contributed by atoms with Crippen molar-refractivity contribution in [1.29, 1.82) is 0 Å². The molecule has 1 amide bonds. The summed E-state index contributed by atoms with van der Waals surface area (Å²) in [4.78, 5) is 40.3. The SMILES string of the molecule is CCOC(=O)OC(C)Oc1c2n(ncc1=O)[C@@H](C1c3cccc(F)c3CCc3c(F)cccc31)CN(C(C)C)C2=O. The van der Waals surface area contributed by atoms with Crippen molar-refractivity contribution in [3.05, 3.63) is 92.4 Å². The zero-order valence-corrected chi connectivity index (χ0v) is 23.2. The largest absolute Gasteiger partial charge is 0.511 e. The number of hydrogen-bond donors (Lipinski definition) is 0. The number of rotatable bonds is 6. The summed E-state index contributed by atoms with van der Waals surface area (Å²) in [6.45, 7) is 6.90. The fraction of sp³-hybridized carbons (Fsp3) is 0.400. The van der Waals surface area contributed by atoms with Crippen molar-refractivity contribution >= 4 is 12.1 Å². The second-order valence-electron chi connectivity index (χ2n) is 10.3. The molecule has 0 fully saturated rings. The molecule has 1 unspecified atom stereocenters. The third-order valence-corrected chi connectivity index (χ3v) is 7.55. The van der Waals surface area contributed by atoms with Gasteiger partial charge in [0.15, 0.2) is 5.69 Å². The molecule has 41 heavy (non-hydrogen) atoms. The molecule has 3 aromatic rings. The van der Waals surface area contributed by atoms with Gasteiger partial charge in [0.05, 0.1) is 18.8 Å². The maximum atomic E-state index is 15.2. The fourth-order valence-electron chi connectivity index (χ4n) is 5.77. The Morgan fingerprint density at radius 2 is 1.63 bits per heavy atom. The average Bonchev–Trinajstić information content (AvgIpc) is 3.09. The zero-order valence-electron chi connectivity index (χ0n) is 23.2. The van der Waals surface area contributed by atoms with Gasteiger partial charge in [-0.25, -0.2) is 13.6 Å². The van der Waals surface area contributed by atoms with E-state index in [1.165, 1.54) is 23.7 Å². The summed E-state index contributed by atoms with van der Waals surface area (Å²) in [5.74, 6) is -2.25. The van der Waals surface area contributed by atoms with Crippen LogP contribution in [0.1, 0.15) is 72.4 Å². The van der Waals surface area contributed by atoms with Crippen LogP contribution in [0.5, 0.6) is 5.75 Å². The lowest BCUT2D eigenvalue weighted by molar-refractivity contribution is -0.0533. The number of fused-ring (bicyclic) bond motifs is 3. The summed E-state index contributed by atoms with van der Waals surface area (Å²) in [5, 5.41) is 4.36. The van der Waals surface area contributed by atoms with Crippen LogP contribution in [0.15, 0.2) is 47.4 Å². The minimum Gasteiger partial charge on any atom is -0.448 e. The molecule has 0 spiro atoms. The summed E-state index contributed by atoms with van der Waals surface area (Å²) in [7, 11) is 0. The molecule has 2 aliphatic rings. The van der Waals surface area contributed by atoms with Gasteiger partial charge < -0.3 is 19.1 Å². The van der Waals surface area contributed by atoms with E-state index in [1.807, 2.05) is 26.0 Å². The first-order valence-electron chi connectivity index (χ1n) is 13.6. The van der Waals surface area contributed by atoms with E-state index in [-0.39, 0.29) is 30.6 Å². The standard InChI is InChI=1S/C30H31F2N3O6/c1-5-39-30(38)41-17(4)40-28-25(36)14-33-35-24(15-34(16(2)3)29(37)27(28)35)26-20-8-6-10-22(31)18(20)12-13-19-21(26)9-7-11-23(19)32/h6-11,14,16-17,24,26H,5,12-13,15H2,1-4H3/t17?,24-/m1/s1. The van der Waals surface area contributed by atoms with Gasteiger partial charge in [-0.2, -0.15) is 5.10 Å². The normalized spacial score (nSPS) is 17.3. The van der Waals surface area contributed by atoms with Crippen molar-refractivity contribution in [2.24, 2.45) is 0 Å². The second kappa shape index (κ2) is 11.3. The van der Waals surface area contributed by atoms with Crippen LogP contribution in [-0.2, 0) is 22.3 Å². The van der Waals surface area contributed by atoms with Crippen LogP contribution in [-0.4, -0.2) is 52.2 Å². The summed E-state index contributed by atoms with van der Waals surface area (Å²) in [6.07, 6.45) is -0.637. The maximum Gasteiger partial charge on any atom is 0.511 e. The van der Waals surface area contributed by atoms with Gasteiger partial charge in [0.25, 0.3) is 5.91 Å². The monoisotopic (exact) mass is 567 g/mol. The van der Waals surface area contributed by atoms with Gasteiger partial charge in [0, 0.05) is 25.4 Å². The molecule has 0 saturated carbocycles. The Labute approximate surface area is 235 Å². The topological polar surface area (TPSA) is 100.0 Å². The van der Waals surface area contributed by atoms with Crippen LogP contribution in [0.2, 0.25) is 0 Å². The highest BCUT2D eigenvalue weighted by molar-refractivity contribution is 5.96. The molecule has 0 saturated heterocycles. The first-order valence-corrected chi connectivity index (χ1v) is 13.6. The van der Waals surface area contributed by atoms with Gasteiger partial charge in [0.2, 0.25) is 17.5 Å². The first kappa shape index (κ1) is 28.3. The molecule has 2 aromatic carbocycles. The lowest BCUT2D eigenvalue weighted by Crippen LogP contribution is -2.50. The number of carbonyl (C=O) groups excluding carboxylic acids is 2. The minimum atomic E-state index is -1.27. The van der Waals surface area contributed by atoms with E-state index < -0.39 is 47.4 Å².